The third kappa shape index (κ3) is 3.62. The molecule has 2 rings (SSSR count). The number of nitrogens with one attached hydrogen (secondary N) is 1. The van der Waals surface area contributed by atoms with Crippen LogP contribution in [0.25, 0.3) is 10.6 Å². The van der Waals surface area contributed by atoms with Gasteiger partial charge in [-0.15, -0.1) is 11.3 Å². The normalized spacial score (nSPS) is 12.8. The fourth-order valence-corrected chi connectivity index (χ4v) is 3.26. The molecular weight excluding hydrogens is 280 g/mol. The van der Waals surface area contributed by atoms with Crippen molar-refractivity contribution < 1.29 is 9.90 Å². The van der Waals surface area contributed by atoms with E-state index >= 15 is 0 Å². The summed E-state index contributed by atoms with van der Waals surface area (Å²) < 4.78 is 0. The van der Waals surface area contributed by atoms with Crippen LogP contribution in [0.1, 0.15) is 19.5 Å². The van der Waals surface area contributed by atoms with Crippen LogP contribution in [-0.4, -0.2) is 22.1 Å². The van der Waals surface area contributed by atoms with Crippen LogP contribution in [0.3, 0.4) is 0 Å². The summed E-state index contributed by atoms with van der Waals surface area (Å²) in [6, 6.07) is 1.50. The van der Waals surface area contributed by atoms with E-state index in [9.17, 15) is 4.79 Å². The number of nitrogens with zero attached hydrogens (tertiary/aromatic N) is 1. The molecule has 2 heterocycles. The number of carbonyl (C=O) groups is 1. The Morgan fingerprint density at radius 1 is 1.47 bits per heavy atom. The Balaban J connectivity index is 1.99. The van der Waals surface area contributed by atoms with Crippen molar-refractivity contribution in [2.45, 2.75) is 26.4 Å². The molecule has 2 aromatic rings. The van der Waals surface area contributed by atoms with Crippen LogP contribution in [0.4, 0.5) is 0 Å². The maximum atomic E-state index is 11.1. The number of thiophene rings is 1. The smallest absolute Gasteiger partial charge is 0.320 e. The highest BCUT2D eigenvalue weighted by atomic mass is 32.1. The SMILES string of the molecule is CC(C)[C@@H](NCc1csc(-c2ccsc2)n1)C(=O)O. The molecule has 0 aromatic carbocycles. The molecule has 2 aromatic heterocycles. The van der Waals surface area contributed by atoms with Crippen molar-refractivity contribution in [2.75, 3.05) is 0 Å². The van der Waals surface area contributed by atoms with Gasteiger partial charge in [0.25, 0.3) is 0 Å². The van der Waals surface area contributed by atoms with Gasteiger partial charge >= 0.3 is 5.97 Å². The van der Waals surface area contributed by atoms with E-state index in [-0.39, 0.29) is 5.92 Å². The maximum Gasteiger partial charge on any atom is 0.320 e. The second-order valence-electron chi connectivity index (χ2n) is 4.60. The van der Waals surface area contributed by atoms with Crippen molar-refractivity contribution in [2.24, 2.45) is 5.92 Å². The second-order valence-corrected chi connectivity index (χ2v) is 6.23. The molecule has 0 aliphatic rings. The number of carboxylic acid groups (broad SMARTS) is 1. The molecule has 6 heteroatoms. The molecule has 0 saturated carbocycles. The Kier molecular flexibility index (Phi) is 4.68. The first kappa shape index (κ1) is 14.2. The first-order valence-corrected chi connectivity index (χ1v) is 7.83. The van der Waals surface area contributed by atoms with Crippen molar-refractivity contribution in [1.29, 1.82) is 0 Å². The van der Waals surface area contributed by atoms with Gasteiger partial charge in [0, 0.05) is 22.9 Å². The van der Waals surface area contributed by atoms with Gasteiger partial charge in [-0.25, -0.2) is 4.98 Å². The summed E-state index contributed by atoms with van der Waals surface area (Å²) in [6.45, 7) is 4.27. The van der Waals surface area contributed by atoms with Crippen LogP contribution in [0.15, 0.2) is 22.2 Å². The first-order chi connectivity index (χ1) is 9.08. The minimum Gasteiger partial charge on any atom is -0.480 e. The topological polar surface area (TPSA) is 62.2 Å². The van der Waals surface area contributed by atoms with Crippen LogP contribution in [0, 0.1) is 5.92 Å². The molecule has 0 aliphatic carbocycles. The Labute approximate surface area is 120 Å². The maximum absolute atomic E-state index is 11.1. The molecule has 0 aliphatic heterocycles. The van der Waals surface area contributed by atoms with Crippen LogP contribution in [-0.2, 0) is 11.3 Å². The first-order valence-electron chi connectivity index (χ1n) is 6.01. The molecule has 19 heavy (non-hydrogen) atoms. The van der Waals surface area contributed by atoms with E-state index in [0.29, 0.717) is 6.54 Å². The predicted molar refractivity (Wildman–Crippen MR) is 78.5 cm³/mol. The van der Waals surface area contributed by atoms with Gasteiger partial charge in [-0.05, 0) is 17.4 Å². The van der Waals surface area contributed by atoms with Gasteiger partial charge in [0.15, 0.2) is 0 Å². The van der Waals surface area contributed by atoms with Gasteiger partial charge in [-0.2, -0.15) is 11.3 Å². The highest BCUT2D eigenvalue weighted by Gasteiger charge is 2.20. The van der Waals surface area contributed by atoms with Crippen molar-refractivity contribution in [3.8, 4) is 10.6 Å². The average molecular weight is 296 g/mol. The number of aliphatic carboxylic acids is 1. The number of rotatable bonds is 6. The van der Waals surface area contributed by atoms with Crippen molar-refractivity contribution in [3.63, 3.8) is 0 Å². The van der Waals surface area contributed by atoms with Crippen LogP contribution < -0.4 is 5.32 Å². The summed E-state index contributed by atoms with van der Waals surface area (Å²) in [5.41, 5.74) is 2.01. The van der Waals surface area contributed by atoms with E-state index in [4.69, 9.17) is 5.11 Å². The number of aromatic nitrogens is 1. The number of hydrogen-bond acceptors (Lipinski definition) is 5. The van der Waals surface area contributed by atoms with Crippen molar-refractivity contribution in [1.82, 2.24) is 10.3 Å². The summed E-state index contributed by atoms with van der Waals surface area (Å²) in [6.07, 6.45) is 0. The van der Waals surface area contributed by atoms with Crippen molar-refractivity contribution in [3.05, 3.63) is 27.9 Å². The molecule has 0 radical (unpaired) electrons. The summed E-state index contributed by atoms with van der Waals surface area (Å²) in [7, 11) is 0. The third-order valence-electron chi connectivity index (χ3n) is 2.76. The minimum atomic E-state index is -0.816. The van der Waals surface area contributed by atoms with Crippen LogP contribution in [0.5, 0.6) is 0 Å². The molecule has 4 nitrogen and oxygen atoms in total. The Hall–Kier alpha value is -1.24. The van der Waals surface area contributed by atoms with Gasteiger partial charge in [-0.1, -0.05) is 13.8 Å². The Morgan fingerprint density at radius 2 is 2.26 bits per heavy atom. The summed E-state index contributed by atoms with van der Waals surface area (Å²) in [5.74, 6) is -0.768. The zero-order chi connectivity index (χ0) is 13.8. The standard InChI is InChI=1S/C13H16N2O2S2/c1-8(2)11(13(16)17)14-5-10-7-19-12(15-10)9-3-4-18-6-9/h3-4,6-8,11,14H,5H2,1-2H3,(H,16,17)/t11-/m1/s1. The lowest BCUT2D eigenvalue weighted by atomic mass is 10.1. The van der Waals surface area contributed by atoms with Crippen LogP contribution >= 0.6 is 22.7 Å². The van der Waals surface area contributed by atoms with E-state index < -0.39 is 12.0 Å². The lowest BCUT2D eigenvalue weighted by molar-refractivity contribution is -0.140. The summed E-state index contributed by atoms with van der Waals surface area (Å²) in [5, 5.41) is 19.2. The monoisotopic (exact) mass is 296 g/mol. The lowest BCUT2D eigenvalue weighted by Gasteiger charge is -2.16. The van der Waals surface area contributed by atoms with Crippen molar-refractivity contribution >= 4 is 28.6 Å². The predicted octanol–water partition coefficient (Wildman–Crippen LogP) is 3.07. The minimum absolute atomic E-state index is 0.0486. The van der Waals surface area contributed by atoms with E-state index in [1.807, 2.05) is 30.7 Å². The van der Waals surface area contributed by atoms with E-state index in [1.165, 1.54) is 0 Å². The fraction of sp³-hybridized carbons (Fsp3) is 0.385. The molecular formula is C13H16N2O2S2. The quantitative estimate of drug-likeness (QED) is 0.860. The summed E-state index contributed by atoms with van der Waals surface area (Å²) in [4.78, 5) is 15.6. The van der Waals surface area contributed by atoms with Gasteiger partial charge in [0.05, 0.1) is 5.69 Å². The van der Waals surface area contributed by atoms with Gasteiger partial charge < -0.3 is 5.11 Å². The van der Waals surface area contributed by atoms with Gasteiger partial charge in [-0.3, -0.25) is 10.1 Å². The summed E-state index contributed by atoms with van der Waals surface area (Å²) >= 11 is 3.23. The van der Waals surface area contributed by atoms with E-state index in [1.54, 1.807) is 22.7 Å². The molecule has 0 fully saturated rings. The molecule has 0 amide bonds. The number of thiazole rings is 1. The lowest BCUT2D eigenvalue weighted by Crippen LogP contribution is -2.40. The molecule has 0 unspecified atom stereocenters. The van der Waals surface area contributed by atoms with Gasteiger partial charge in [0.2, 0.25) is 0 Å². The van der Waals surface area contributed by atoms with Gasteiger partial charge in [0.1, 0.15) is 11.0 Å². The highest BCUT2D eigenvalue weighted by molar-refractivity contribution is 7.14. The average Bonchev–Trinajstić information content (AvgIpc) is 2.98. The third-order valence-corrected chi connectivity index (χ3v) is 4.38. The molecule has 0 spiro atoms. The largest absolute Gasteiger partial charge is 0.480 e. The number of hydrogen-bond donors (Lipinski definition) is 2. The molecule has 0 saturated heterocycles. The fourth-order valence-electron chi connectivity index (χ4n) is 1.73. The zero-order valence-corrected chi connectivity index (χ0v) is 12.4. The molecule has 2 N–H and O–H groups in total. The van der Waals surface area contributed by atoms with E-state index in [2.05, 4.69) is 15.7 Å². The highest BCUT2D eigenvalue weighted by Crippen LogP contribution is 2.25. The Bertz CT molecular complexity index is 535. The second kappa shape index (κ2) is 6.27. The Morgan fingerprint density at radius 3 is 2.84 bits per heavy atom. The van der Waals surface area contributed by atoms with Crippen LogP contribution in [0.2, 0.25) is 0 Å². The molecule has 102 valence electrons. The number of carboxylic acids is 1. The van der Waals surface area contributed by atoms with E-state index in [0.717, 1.165) is 16.3 Å². The molecule has 0 bridgehead atoms. The zero-order valence-electron chi connectivity index (χ0n) is 10.8. The molecule has 1 atom stereocenters.